The van der Waals surface area contributed by atoms with Crippen LogP contribution in [0.25, 0.3) is 0 Å². The lowest BCUT2D eigenvalue weighted by Crippen LogP contribution is -2.65. The highest BCUT2D eigenvalue weighted by Gasteiger charge is 2.52. The molecule has 0 bridgehead atoms. The van der Waals surface area contributed by atoms with Crippen molar-refractivity contribution in [2.45, 2.75) is 57.7 Å². The second-order valence-corrected chi connectivity index (χ2v) is 9.19. The Morgan fingerprint density at radius 3 is 2.83 bits per heavy atom. The number of amides is 1. The Morgan fingerprint density at radius 2 is 2.07 bits per heavy atom. The number of hydrogen-bond donors (Lipinski definition) is 1. The van der Waals surface area contributed by atoms with Crippen LogP contribution < -0.4 is 5.32 Å². The third-order valence-electron chi connectivity index (χ3n) is 7.26. The fraction of sp³-hybridized carbons (Fsp3) is 0.696. The van der Waals surface area contributed by atoms with Gasteiger partial charge in [-0.3, -0.25) is 9.69 Å². The van der Waals surface area contributed by atoms with Gasteiger partial charge in [0.2, 0.25) is 5.91 Å². The summed E-state index contributed by atoms with van der Waals surface area (Å²) in [5.41, 5.74) is 1.81. The average Bonchev–Trinajstić information content (AvgIpc) is 2.71. The predicted molar refractivity (Wildman–Crippen MR) is 111 cm³/mol. The average molecular weight is 404 g/mol. The Kier molecular flexibility index (Phi) is 6.23. The van der Waals surface area contributed by atoms with Crippen molar-refractivity contribution in [3.05, 3.63) is 35.1 Å². The molecule has 2 atom stereocenters. The molecule has 3 aliphatic rings. The molecule has 0 spiro atoms. The minimum Gasteiger partial charge on any atom is -0.381 e. The Morgan fingerprint density at radius 1 is 1.28 bits per heavy atom. The molecule has 1 amide bonds. The molecule has 3 heterocycles. The lowest BCUT2D eigenvalue weighted by atomic mass is 9.67. The van der Waals surface area contributed by atoms with Crippen LogP contribution in [0.2, 0.25) is 0 Å². The maximum atomic E-state index is 13.6. The highest BCUT2D eigenvalue weighted by atomic mass is 19.1. The van der Waals surface area contributed by atoms with Crippen molar-refractivity contribution in [1.82, 2.24) is 15.1 Å². The normalized spacial score (nSPS) is 29.4. The molecule has 29 heavy (non-hydrogen) atoms. The van der Waals surface area contributed by atoms with E-state index in [0.717, 1.165) is 82.6 Å². The molecule has 0 aliphatic carbocycles. The first-order valence-corrected chi connectivity index (χ1v) is 11.0. The summed E-state index contributed by atoms with van der Waals surface area (Å²) in [4.78, 5) is 18.4. The molecule has 0 aromatic heterocycles. The summed E-state index contributed by atoms with van der Waals surface area (Å²) in [6.45, 7) is 7.07. The van der Waals surface area contributed by atoms with E-state index >= 15 is 0 Å². The molecule has 0 radical (unpaired) electrons. The molecule has 1 N–H and O–H groups in total. The van der Waals surface area contributed by atoms with E-state index < -0.39 is 0 Å². The second kappa shape index (κ2) is 8.70. The van der Waals surface area contributed by atoms with Crippen LogP contribution in [0.5, 0.6) is 0 Å². The molecule has 3 saturated heterocycles. The van der Waals surface area contributed by atoms with Gasteiger partial charge in [-0.05, 0) is 82.4 Å². The van der Waals surface area contributed by atoms with E-state index in [9.17, 15) is 9.18 Å². The van der Waals surface area contributed by atoms with Crippen molar-refractivity contribution in [1.29, 1.82) is 0 Å². The fourth-order valence-electron chi connectivity index (χ4n) is 5.42. The van der Waals surface area contributed by atoms with E-state index in [1.807, 2.05) is 13.0 Å². The first-order chi connectivity index (χ1) is 14.0. The molecule has 4 rings (SSSR count). The number of fused-ring (bicyclic) bond motifs is 1. The third-order valence-corrected chi connectivity index (χ3v) is 7.26. The summed E-state index contributed by atoms with van der Waals surface area (Å²) in [5, 5.41) is 3.38. The predicted octanol–water partition coefficient (Wildman–Crippen LogP) is 2.72. The lowest BCUT2D eigenvalue weighted by molar-refractivity contribution is -0.146. The largest absolute Gasteiger partial charge is 0.381 e. The zero-order valence-corrected chi connectivity index (χ0v) is 17.8. The molecular formula is C23H34FN3O2. The van der Waals surface area contributed by atoms with Crippen LogP contribution in [0.15, 0.2) is 18.2 Å². The number of ether oxygens (including phenoxy) is 1. The maximum Gasteiger partial charge on any atom is 0.228 e. The van der Waals surface area contributed by atoms with Crippen molar-refractivity contribution in [3.63, 3.8) is 0 Å². The standard InChI is InChI=1S/C23H34FN3O2/c1-17-14-19(24)5-4-18(17)15-27-10-3-8-23(9-11-26(2)16-21(23)27)22(28)25-20-6-12-29-13-7-20/h4-5,14,20-21H,3,6-13,15-16H2,1-2H3,(H,25,28)/t21-,23+/m0/s1. The van der Waals surface area contributed by atoms with Crippen LogP contribution in [0, 0.1) is 18.2 Å². The molecule has 1 aromatic rings. The van der Waals surface area contributed by atoms with Crippen molar-refractivity contribution < 1.29 is 13.9 Å². The maximum absolute atomic E-state index is 13.6. The number of likely N-dealkylation sites (N-methyl/N-ethyl adjacent to an activating group) is 1. The summed E-state index contributed by atoms with van der Waals surface area (Å²) in [5.74, 6) is 0.0514. The van der Waals surface area contributed by atoms with Gasteiger partial charge in [-0.1, -0.05) is 6.07 Å². The van der Waals surface area contributed by atoms with Crippen LogP contribution >= 0.6 is 0 Å². The molecular weight excluding hydrogens is 369 g/mol. The number of carbonyl (C=O) groups excluding carboxylic acids is 1. The number of halogens is 1. The fourth-order valence-corrected chi connectivity index (χ4v) is 5.42. The number of carbonyl (C=O) groups is 1. The minimum absolute atomic E-state index is 0.188. The van der Waals surface area contributed by atoms with Gasteiger partial charge in [0.25, 0.3) is 0 Å². The van der Waals surface area contributed by atoms with Crippen molar-refractivity contribution in [3.8, 4) is 0 Å². The van der Waals surface area contributed by atoms with Crippen LogP contribution in [-0.4, -0.2) is 67.7 Å². The summed E-state index contributed by atoms with van der Waals surface area (Å²) in [7, 11) is 2.15. The number of nitrogens with one attached hydrogen (secondary N) is 1. The van der Waals surface area contributed by atoms with Gasteiger partial charge in [0.1, 0.15) is 5.82 Å². The van der Waals surface area contributed by atoms with Gasteiger partial charge in [0.15, 0.2) is 0 Å². The monoisotopic (exact) mass is 403 g/mol. The topological polar surface area (TPSA) is 44.8 Å². The number of aryl methyl sites for hydroxylation is 1. The summed E-state index contributed by atoms with van der Waals surface area (Å²) >= 11 is 0. The van der Waals surface area contributed by atoms with Gasteiger partial charge in [-0.15, -0.1) is 0 Å². The van der Waals surface area contributed by atoms with Gasteiger partial charge in [0, 0.05) is 38.4 Å². The van der Waals surface area contributed by atoms with E-state index in [2.05, 4.69) is 22.2 Å². The molecule has 3 fully saturated rings. The van der Waals surface area contributed by atoms with Gasteiger partial charge in [-0.2, -0.15) is 0 Å². The highest BCUT2D eigenvalue weighted by molar-refractivity contribution is 5.84. The van der Waals surface area contributed by atoms with Crippen molar-refractivity contribution >= 4 is 5.91 Å². The van der Waals surface area contributed by atoms with Gasteiger partial charge in [0.05, 0.1) is 5.41 Å². The molecule has 6 heteroatoms. The molecule has 0 saturated carbocycles. The number of rotatable bonds is 4. The van der Waals surface area contributed by atoms with Crippen LogP contribution in [-0.2, 0) is 16.1 Å². The van der Waals surface area contributed by atoms with Gasteiger partial charge >= 0.3 is 0 Å². The van der Waals surface area contributed by atoms with Crippen molar-refractivity contribution in [2.24, 2.45) is 5.41 Å². The number of likely N-dealkylation sites (tertiary alicyclic amines) is 2. The zero-order chi connectivity index (χ0) is 20.4. The Balaban J connectivity index is 1.55. The van der Waals surface area contributed by atoms with Crippen LogP contribution in [0.3, 0.4) is 0 Å². The summed E-state index contributed by atoms with van der Waals surface area (Å²) < 4.78 is 19.0. The molecule has 1 aromatic carbocycles. The number of benzene rings is 1. The summed E-state index contributed by atoms with van der Waals surface area (Å²) in [6, 6.07) is 5.48. The minimum atomic E-state index is -0.322. The number of nitrogens with zero attached hydrogens (tertiary/aromatic N) is 2. The van der Waals surface area contributed by atoms with Gasteiger partial charge < -0.3 is 15.0 Å². The lowest BCUT2D eigenvalue weighted by Gasteiger charge is -2.54. The van der Waals surface area contributed by atoms with E-state index in [1.54, 1.807) is 12.1 Å². The quantitative estimate of drug-likeness (QED) is 0.840. The molecule has 3 aliphatic heterocycles. The van der Waals surface area contributed by atoms with Crippen molar-refractivity contribution in [2.75, 3.05) is 39.9 Å². The number of piperidine rings is 2. The molecule has 0 unspecified atom stereocenters. The third kappa shape index (κ3) is 4.35. The molecule has 160 valence electrons. The molecule has 5 nitrogen and oxygen atoms in total. The first-order valence-electron chi connectivity index (χ1n) is 11.0. The smallest absolute Gasteiger partial charge is 0.228 e. The Bertz CT molecular complexity index is 737. The Hall–Kier alpha value is -1.50. The van der Waals surface area contributed by atoms with E-state index in [4.69, 9.17) is 4.74 Å². The van der Waals surface area contributed by atoms with E-state index in [1.165, 1.54) is 0 Å². The SMILES string of the molecule is Cc1cc(F)ccc1CN1CCC[C@@]2(C(=O)NC3CCOCC3)CCN(C)C[C@H]12. The van der Waals surface area contributed by atoms with Crippen LogP contribution in [0.4, 0.5) is 4.39 Å². The highest BCUT2D eigenvalue weighted by Crippen LogP contribution is 2.43. The summed E-state index contributed by atoms with van der Waals surface area (Å²) in [6.07, 6.45) is 4.71. The van der Waals surface area contributed by atoms with Crippen LogP contribution in [0.1, 0.15) is 43.2 Å². The Labute approximate surface area is 173 Å². The van der Waals surface area contributed by atoms with Gasteiger partial charge in [-0.25, -0.2) is 4.39 Å². The number of hydrogen-bond acceptors (Lipinski definition) is 4. The second-order valence-electron chi connectivity index (χ2n) is 9.19. The van der Waals surface area contributed by atoms with E-state index in [-0.39, 0.29) is 29.2 Å². The first kappa shape index (κ1) is 20.8. The zero-order valence-electron chi connectivity index (χ0n) is 17.8. The van der Waals surface area contributed by atoms with E-state index in [0.29, 0.717) is 0 Å².